The number of hydrogen-bond donors (Lipinski definition) is 2. The second kappa shape index (κ2) is 3.70. The van der Waals surface area contributed by atoms with Crippen LogP contribution in [-0.2, 0) is 0 Å². The van der Waals surface area contributed by atoms with Crippen LogP contribution in [-0.4, -0.2) is 0 Å². The van der Waals surface area contributed by atoms with Gasteiger partial charge in [0.1, 0.15) is 0 Å². The van der Waals surface area contributed by atoms with Crippen molar-refractivity contribution in [3.63, 3.8) is 0 Å². The molecule has 0 radical (unpaired) electrons. The lowest BCUT2D eigenvalue weighted by Gasteiger charge is -2.13. The van der Waals surface area contributed by atoms with E-state index in [1.807, 2.05) is 6.07 Å². The maximum absolute atomic E-state index is 5.85. The summed E-state index contributed by atoms with van der Waals surface area (Å²) in [4.78, 5) is 0. The van der Waals surface area contributed by atoms with E-state index >= 15 is 0 Å². The molecule has 0 aromatic carbocycles. The normalized spacial score (nSPS) is 18.9. The molecule has 1 heterocycles. The quantitative estimate of drug-likeness (QED) is 0.579. The molecule has 3 N–H and O–H groups in total. The van der Waals surface area contributed by atoms with Crippen LogP contribution < -0.4 is 11.3 Å². The summed E-state index contributed by atoms with van der Waals surface area (Å²) in [6.45, 7) is 0. The Morgan fingerprint density at radius 3 is 2.92 bits per heavy atom. The molecule has 3 nitrogen and oxygen atoms in total. The topological polar surface area (TPSA) is 51.2 Å². The Labute approximate surface area is 82.2 Å². The molecular formula is C9H13ClN2O. The van der Waals surface area contributed by atoms with Gasteiger partial charge in [-0.25, -0.2) is 0 Å². The van der Waals surface area contributed by atoms with Crippen LogP contribution >= 0.6 is 11.6 Å². The lowest BCUT2D eigenvalue weighted by Crippen LogP contribution is -2.28. The Kier molecular flexibility index (Phi) is 2.58. The van der Waals surface area contributed by atoms with Crippen molar-refractivity contribution in [2.24, 2.45) is 11.8 Å². The Bertz CT molecular complexity index is 283. The smallest absolute Gasteiger partial charge is 0.197 e. The van der Waals surface area contributed by atoms with Crippen LogP contribution in [0.15, 0.2) is 16.7 Å². The van der Waals surface area contributed by atoms with Crippen LogP contribution in [0.4, 0.5) is 0 Å². The molecule has 4 heteroatoms. The molecule has 0 bridgehead atoms. The predicted octanol–water partition coefficient (Wildman–Crippen LogP) is 2.24. The van der Waals surface area contributed by atoms with Gasteiger partial charge < -0.3 is 4.42 Å². The third-order valence-corrected chi connectivity index (χ3v) is 2.80. The summed E-state index contributed by atoms with van der Waals surface area (Å²) in [6, 6.07) is 2.01. The molecule has 1 atom stereocenters. The number of rotatable bonds is 4. The van der Waals surface area contributed by atoms with Gasteiger partial charge >= 0.3 is 0 Å². The average Bonchev–Trinajstić information content (AvgIpc) is 2.85. The monoisotopic (exact) mass is 200 g/mol. The third-order valence-electron chi connectivity index (χ3n) is 2.49. The molecule has 1 unspecified atom stereocenters. The van der Waals surface area contributed by atoms with Crippen LogP contribution in [0.5, 0.6) is 0 Å². The molecule has 1 saturated carbocycles. The summed E-state index contributed by atoms with van der Waals surface area (Å²) >= 11 is 5.85. The first kappa shape index (κ1) is 9.06. The molecule has 0 spiro atoms. The third kappa shape index (κ3) is 2.05. The molecular weight excluding hydrogens is 188 g/mol. The lowest BCUT2D eigenvalue weighted by molar-refractivity contribution is 0.478. The first-order valence-electron chi connectivity index (χ1n) is 4.50. The highest BCUT2D eigenvalue weighted by atomic mass is 35.5. The van der Waals surface area contributed by atoms with Gasteiger partial charge in [0.05, 0.1) is 12.3 Å². The Hall–Kier alpha value is -0.510. The van der Waals surface area contributed by atoms with Crippen molar-refractivity contribution in [1.29, 1.82) is 0 Å². The van der Waals surface area contributed by atoms with Crippen molar-refractivity contribution in [2.75, 3.05) is 0 Å². The van der Waals surface area contributed by atoms with E-state index in [0.29, 0.717) is 5.22 Å². The minimum absolute atomic E-state index is 0.138. The molecule has 1 aliphatic carbocycles. The van der Waals surface area contributed by atoms with Crippen molar-refractivity contribution < 1.29 is 4.42 Å². The molecule has 1 aliphatic rings. The van der Waals surface area contributed by atoms with E-state index in [2.05, 4.69) is 5.43 Å². The Morgan fingerprint density at radius 2 is 2.46 bits per heavy atom. The molecule has 0 saturated heterocycles. The van der Waals surface area contributed by atoms with E-state index in [0.717, 1.165) is 17.9 Å². The maximum Gasteiger partial charge on any atom is 0.197 e. The van der Waals surface area contributed by atoms with Crippen LogP contribution in [0, 0.1) is 5.92 Å². The van der Waals surface area contributed by atoms with E-state index in [1.165, 1.54) is 12.8 Å². The second-order valence-corrected chi connectivity index (χ2v) is 3.89. The predicted molar refractivity (Wildman–Crippen MR) is 51.1 cm³/mol. The standard InChI is InChI=1S/C9H13ClN2O/c10-9-7(3-4-13-9)8(12-11)5-6-1-2-6/h3-4,6,8,12H,1-2,5,11H2. The van der Waals surface area contributed by atoms with Crippen molar-refractivity contribution in [2.45, 2.75) is 25.3 Å². The summed E-state index contributed by atoms with van der Waals surface area (Å²) in [7, 11) is 0. The SMILES string of the molecule is NNC(CC1CC1)c1ccoc1Cl. The van der Waals surface area contributed by atoms with Gasteiger partial charge in [-0.2, -0.15) is 0 Å². The van der Waals surface area contributed by atoms with Gasteiger partial charge in [0.15, 0.2) is 5.22 Å². The number of nitrogens with two attached hydrogens (primary N) is 1. The van der Waals surface area contributed by atoms with E-state index in [1.54, 1.807) is 6.26 Å². The van der Waals surface area contributed by atoms with Gasteiger partial charge in [0.2, 0.25) is 0 Å². The first-order chi connectivity index (χ1) is 6.31. The number of hydrogen-bond acceptors (Lipinski definition) is 3. The average molecular weight is 201 g/mol. The summed E-state index contributed by atoms with van der Waals surface area (Å²) < 4.78 is 5.02. The number of halogens is 1. The van der Waals surface area contributed by atoms with Gasteiger partial charge in [-0.05, 0) is 30.0 Å². The number of hydrazine groups is 1. The molecule has 0 aliphatic heterocycles. The van der Waals surface area contributed by atoms with Gasteiger partial charge in [-0.1, -0.05) is 12.8 Å². The van der Waals surface area contributed by atoms with Crippen molar-refractivity contribution in [3.05, 3.63) is 23.1 Å². The van der Waals surface area contributed by atoms with Crippen LogP contribution in [0.3, 0.4) is 0 Å². The van der Waals surface area contributed by atoms with Crippen LogP contribution in [0.1, 0.15) is 30.9 Å². The maximum atomic E-state index is 5.85. The summed E-state index contributed by atoms with van der Waals surface area (Å²) in [6.07, 6.45) is 5.27. The summed E-state index contributed by atoms with van der Waals surface area (Å²) in [5.74, 6) is 6.27. The zero-order valence-electron chi connectivity index (χ0n) is 7.29. The fourth-order valence-corrected chi connectivity index (χ4v) is 1.77. The molecule has 1 aromatic rings. The van der Waals surface area contributed by atoms with Crippen molar-refractivity contribution in [3.8, 4) is 0 Å². The van der Waals surface area contributed by atoms with Gasteiger partial charge in [-0.3, -0.25) is 11.3 Å². The molecule has 72 valence electrons. The molecule has 2 rings (SSSR count). The van der Waals surface area contributed by atoms with E-state index in [9.17, 15) is 0 Å². The largest absolute Gasteiger partial charge is 0.453 e. The van der Waals surface area contributed by atoms with Crippen molar-refractivity contribution in [1.82, 2.24) is 5.43 Å². The van der Waals surface area contributed by atoms with Crippen LogP contribution in [0.2, 0.25) is 5.22 Å². The summed E-state index contributed by atoms with van der Waals surface area (Å²) in [5, 5.41) is 0.448. The Balaban J connectivity index is 2.06. The number of furan rings is 1. The minimum Gasteiger partial charge on any atom is -0.453 e. The fraction of sp³-hybridized carbons (Fsp3) is 0.556. The van der Waals surface area contributed by atoms with E-state index in [-0.39, 0.29) is 6.04 Å². The fourth-order valence-electron chi connectivity index (χ4n) is 1.53. The first-order valence-corrected chi connectivity index (χ1v) is 4.88. The molecule has 0 amide bonds. The molecule has 1 aromatic heterocycles. The zero-order chi connectivity index (χ0) is 9.26. The molecule has 1 fully saturated rings. The highest BCUT2D eigenvalue weighted by Gasteiger charge is 2.27. The van der Waals surface area contributed by atoms with Gasteiger partial charge in [-0.15, -0.1) is 0 Å². The van der Waals surface area contributed by atoms with E-state index < -0.39 is 0 Å². The van der Waals surface area contributed by atoms with Crippen molar-refractivity contribution >= 4 is 11.6 Å². The lowest BCUT2D eigenvalue weighted by atomic mass is 10.1. The highest BCUT2D eigenvalue weighted by molar-refractivity contribution is 6.29. The van der Waals surface area contributed by atoms with Gasteiger partial charge in [0, 0.05) is 5.56 Å². The number of nitrogens with one attached hydrogen (secondary N) is 1. The zero-order valence-corrected chi connectivity index (χ0v) is 8.05. The van der Waals surface area contributed by atoms with Crippen LogP contribution in [0.25, 0.3) is 0 Å². The Morgan fingerprint density at radius 1 is 1.69 bits per heavy atom. The highest BCUT2D eigenvalue weighted by Crippen LogP contribution is 2.38. The minimum atomic E-state index is 0.138. The summed E-state index contributed by atoms with van der Waals surface area (Å²) in [5.41, 5.74) is 3.74. The van der Waals surface area contributed by atoms with Gasteiger partial charge in [0.25, 0.3) is 0 Å². The van der Waals surface area contributed by atoms with E-state index in [4.69, 9.17) is 21.9 Å². The second-order valence-electron chi connectivity index (χ2n) is 3.55. The molecule has 13 heavy (non-hydrogen) atoms.